The second-order valence-electron chi connectivity index (χ2n) is 9.87. The first kappa shape index (κ1) is 27.6. The molecule has 14 heteroatoms. The third-order valence-corrected chi connectivity index (χ3v) is 8.06. The van der Waals surface area contributed by atoms with Crippen LogP contribution in [-0.2, 0) is 9.53 Å². The van der Waals surface area contributed by atoms with Gasteiger partial charge < -0.3 is 25.4 Å². The molecule has 2 aliphatic rings. The predicted molar refractivity (Wildman–Crippen MR) is 138 cm³/mol. The standard InChI is InChI=1S/C25H30F2N6O5S/c1-2-8-39-25-29-23(28-16-10-13(16)12-5-6-14(26)15(27)9-12)20-24(30-25)33(32-31-20)17-11-18(22(37)21(17)36)38-7-3-4-19(34)35/h5-6,9,13,16-18,21-22,36-37H,2-4,7-8,10-11H2,1H3,(H,34,35)(H,28,29,30). The SMILES string of the molecule is CCCSc1nc(NC2CC2c2ccc(F)c(F)c2)c2nnn(C3CC(OCCCC(=O)O)C(O)C3O)c2n1. The van der Waals surface area contributed by atoms with Crippen LogP contribution in [0.25, 0.3) is 11.2 Å². The Morgan fingerprint density at radius 1 is 1.21 bits per heavy atom. The number of aliphatic hydroxyl groups is 2. The van der Waals surface area contributed by atoms with E-state index in [4.69, 9.17) is 9.84 Å². The first-order valence-electron chi connectivity index (χ1n) is 12.9. The summed E-state index contributed by atoms with van der Waals surface area (Å²) in [7, 11) is 0. The maximum atomic E-state index is 13.7. The maximum Gasteiger partial charge on any atom is 0.303 e. The van der Waals surface area contributed by atoms with Gasteiger partial charge in [-0.15, -0.1) is 5.10 Å². The second kappa shape index (κ2) is 11.7. The molecule has 0 radical (unpaired) electrons. The van der Waals surface area contributed by atoms with Crippen molar-refractivity contribution in [3.63, 3.8) is 0 Å². The number of aliphatic carboxylic acids is 1. The highest BCUT2D eigenvalue weighted by atomic mass is 32.2. The van der Waals surface area contributed by atoms with Gasteiger partial charge in [0.2, 0.25) is 0 Å². The van der Waals surface area contributed by atoms with Crippen molar-refractivity contribution in [2.24, 2.45) is 0 Å². The molecule has 2 aliphatic carbocycles. The minimum absolute atomic E-state index is 0.0160. The average Bonchev–Trinajstić information content (AvgIpc) is 3.45. The monoisotopic (exact) mass is 564 g/mol. The highest BCUT2D eigenvalue weighted by molar-refractivity contribution is 7.99. The molecule has 2 fully saturated rings. The van der Waals surface area contributed by atoms with Crippen molar-refractivity contribution >= 4 is 34.7 Å². The Balaban J connectivity index is 1.37. The van der Waals surface area contributed by atoms with Crippen molar-refractivity contribution in [2.45, 2.75) is 80.5 Å². The number of benzene rings is 1. The zero-order valence-corrected chi connectivity index (χ0v) is 22.0. The zero-order valence-electron chi connectivity index (χ0n) is 21.2. The molecule has 6 atom stereocenters. The molecule has 210 valence electrons. The van der Waals surface area contributed by atoms with E-state index in [0.29, 0.717) is 40.5 Å². The quantitative estimate of drug-likeness (QED) is 0.146. The molecule has 39 heavy (non-hydrogen) atoms. The number of rotatable bonds is 12. The molecular formula is C25H30F2N6O5S. The van der Waals surface area contributed by atoms with Crippen LogP contribution in [-0.4, -0.2) is 83.0 Å². The first-order valence-corrected chi connectivity index (χ1v) is 13.9. The Bertz CT molecular complexity index is 1350. The number of ether oxygens (including phenoxy) is 1. The summed E-state index contributed by atoms with van der Waals surface area (Å²) in [4.78, 5) is 20.0. The molecule has 1 aromatic carbocycles. The van der Waals surface area contributed by atoms with E-state index in [1.54, 1.807) is 6.07 Å². The molecule has 0 aliphatic heterocycles. The van der Waals surface area contributed by atoms with E-state index >= 15 is 0 Å². The fraction of sp³-hybridized carbons (Fsp3) is 0.560. The Kier molecular flexibility index (Phi) is 8.26. The van der Waals surface area contributed by atoms with Crippen molar-refractivity contribution in [1.29, 1.82) is 0 Å². The Hall–Kier alpha value is -2.94. The summed E-state index contributed by atoms with van der Waals surface area (Å²) in [5.41, 5.74) is 1.47. The number of hydrogen-bond acceptors (Lipinski definition) is 10. The fourth-order valence-corrected chi connectivity index (χ4v) is 5.56. The largest absolute Gasteiger partial charge is 0.481 e. The van der Waals surface area contributed by atoms with Crippen molar-refractivity contribution < 1.29 is 33.6 Å². The van der Waals surface area contributed by atoms with Crippen molar-refractivity contribution in [2.75, 3.05) is 17.7 Å². The predicted octanol–water partition coefficient (Wildman–Crippen LogP) is 2.89. The summed E-state index contributed by atoms with van der Waals surface area (Å²) >= 11 is 1.46. The van der Waals surface area contributed by atoms with Gasteiger partial charge in [-0.3, -0.25) is 4.79 Å². The second-order valence-corrected chi connectivity index (χ2v) is 10.9. The van der Waals surface area contributed by atoms with Crippen LogP contribution in [0.5, 0.6) is 0 Å². The summed E-state index contributed by atoms with van der Waals surface area (Å²) in [6, 6.07) is 3.18. The molecule has 2 heterocycles. The van der Waals surface area contributed by atoms with Crippen LogP contribution < -0.4 is 5.32 Å². The number of anilines is 1. The van der Waals surface area contributed by atoms with Crippen LogP contribution in [0.4, 0.5) is 14.6 Å². The van der Waals surface area contributed by atoms with E-state index in [1.807, 2.05) is 6.92 Å². The zero-order chi connectivity index (χ0) is 27.7. The van der Waals surface area contributed by atoms with Gasteiger partial charge in [0, 0.05) is 37.2 Å². The van der Waals surface area contributed by atoms with Crippen molar-refractivity contribution in [3.8, 4) is 0 Å². The average molecular weight is 565 g/mol. The van der Waals surface area contributed by atoms with E-state index in [2.05, 4.69) is 25.6 Å². The van der Waals surface area contributed by atoms with Crippen LogP contribution in [0.2, 0.25) is 0 Å². The molecule has 0 saturated heterocycles. The number of aliphatic hydroxyl groups excluding tert-OH is 2. The lowest BCUT2D eigenvalue weighted by Crippen LogP contribution is -2.33. The molecule has 2 aromatic heterocycles. The molecule has 5 rings (SSSR count). The molecule has 0 bridgehead atoms. The normalized spacial score (nSPS) is 26.3. The topological polar surface area (TPSA) is 156 Å². The van der Waals surface area contributed by atoms with Crippen LogP contribution in [0.1, 0.15) is 56.6 Å². The molecule has 0 amide bonds. The number of carboxylic acids is 1. The van der Waals surface area contributed by atoms with Gasteiger partial charge in [-0.2, -0.15) is 0 Å². The Labute approximate surface area is 227 Å². The lowest BCUT2D eigenvalue weighted by atomic mass is 10.1. The number of halogens is 2. The van der Waals surface area contributed by atoms with Gasteiger partial charge in [-0.05, 0) is 37.0 Å². The third-order valence-electron chi connectivity index (χ3n) is 7.00. The van der Waals surface area contributed by atoms with Gasteiger partial charge >= 0.3 is 5.97 Å². The molecule has 4 N–H and O–H groups in total. The molecule has 3 aromatic rings. The highest BCUT2D eigenvalue weighted by Crippen LogP contribution is 2.44. The number of carbonyl (C=O) groups is 1. The van der Waals surface area contributed by atoms with E-state index in [1.165, 1.54) is 22.5 Å². The van der Waals surface area contributed by atoms with E-state index in [0.717, 1.165) is 18.2 Å². The van der Waals surface area contributed by atoms with Crippen molar-refractivity contribution in [1.82, 2.24) is 25.0 Å². The Morgan fingerprint density at radius 3 is 2.77 bits per heavy atom. The molecular weight excluding hydrogens is 534 g/mol. The summed E-state index contributed by atoms with van der Waals surface area (Å²) in [5, 5.41) is 42.6. The summed E-state index contributed by atoms with van der Waals surface area (Å²) in [6.07, 6.45) is -0.995. The number of fused-ring (bicyclic) bond motifs is 1. The van der Waals surface area contributed by atoms with E-state index < -0.39 is 42.0 Å². The number of hydrogen-bond donors (Lipinski definition) is 4. The minimum Gasteiger partial charge on any atom is -0.481 e. The third kappa shape index (κ3) is 5.98. The van der Waals surface area contributed by atoms with Gasteiger partial charge in [-0.25, -0.2) is 23.4 Å². The smallest absolute Gasteiger partial charge is 0.303 e. The molecule has 6 unspecified atom stereocenters. The summed E-state index contributed by atoms with van der Waals surface area (Å²) in [5.74, 6) is -1.48. The lowest BCUT2D eigenvalue weighted by molar-refractivity contribution is -0.137. The van der Waals surface area contributed by atoms with Crippen LogP contribution >= 0.6 is 11.8 Å². The van der Waals surface area contributed by atoms with Gasteiger partial charge in [0.05, 0.1) is 12.1 Å². The Morgan fingerprint density at radius 2 is 2.03 bits per heavy atom. The number of carboxylic acid groups (broad SMARTS) is 1. The molecule has 11 nitrogen and oxygen atoms in total. The first-order chi connectivity index (χ1) is 18.8. The van der Waals surface area contributed by atoms with Crippen LogP contribution in [0.3, 0.4) is 0 Å². The number of nitrogens with one attached hydrogen (secondary N) is 1. The van der Waals surface area contributed by atoms with Crippen LogP contribution in [0, 0.1) is 11.6 Å². The summed E-state index contributed by atoms with van der Waals surface area (Å²) in [6.45, 7) is 2.18. The van der Waals surface area contributed by atoms with Gasteiger partial charge in [0.1, 0.15) is 12.2 Å². The molecule has 2 saturated carbocycles. The summed E-state index contributed by atoms with van der Waals surface area (Å²) < 4.78 is 34.3. The van der Waals surface area contributed by atoms with Gasteiger partial charge in [0.25, 0.3) is 0 Å². The lowest BCUT2D eigenvalue weighted by Gasteiger charge is -2.17. The van der Waals surface area contributed by atoms with Gasteiger partial charge in [-0.1, -0.05) is 30.0 Å². The number of nitrogens with zero attached hydrogens (tertiary/aromatic N) is 5. The van der Waals surface area contributed by atoms with Crippen molar-refractivity contribution in [3.05, 3.63) is 35.4 Å². The van der Waals surface area contributed by atoms with Gasteiger partial charge in [0.15, 0.2) is 33.8 Å². The minimum atomic E-state index is -1.20. The number of aromatic nitrogens is 5. The highest BCUT2D eigenvalue weighted by Gasteiger charge is 2.45. The molecule has 0 spiro atoms. The number of thioether (sulfide) groups is 1. The van der Waals surface area contributed by atoms with Crippen LogP contribution in [0.15, 0.2) is 23.4 Å². The fourth-order valence-electron chi connectivity index (χ4n) is 4.87. The maximum absolute atomic E-state index is 13.7. The van der Waals surface area contributed by atoms with E-state index in [-0.39, 0.29) is 31.4 Å². The van der Waals surface area contributed by atoms with E-state index in [9.17, 15) is 23.8 Å².